The number of nitrogens with zero attached hydrogens (tertiary/aromatic N) is 1. The molecule has 3 aliphatic rings. The summed E-state index contributed by atoms with van der Waals surface area (Å²) in [4.78, 5) is 2.66. The third-order valence-electron chi connectivity index (χ3n) is 8.59. The fourth-order valence-electron chi connectivity index (χ4n) is 6.67. The van der Waals surface area contributed by atoms with Crippen LogP contribution in [0.5, 0.6) is 11.5 Å². The van der Waals surface area contributed by atoms with Crippen LogP contribution in [-0.4, -0.2) is 46.5 Å². The summed E-state index contributed by atoms with van der Waals surface area (Å²) in [6, 6.07) is 8.94. The molecule has 0 spiro atoms. The lowest BCUT2D eigenvalue weighted by molar-refractivity contribution is 0.0435. The number of ether oxygens (including phenoxy) is 1. The van der Waals surface area contributed by atoms with E-state index in [-0.39, 0.29) is 19.0 Å². The number of phenolic OH excluding ortho intramolecular Hbond substituents is 1. The van der Waals surface area contributed by atoms with Crippen molar-refractivity contribution in [2.75, 3.05) is 20.2 Å². The topological polar surface area (TPSA) is 85.2 Å². The number of methoxy groups -OCH3 is 1. The van der Waals surface area contributed by atoms with E-state index in [0.29, 0.717) is 29.7 Å². The number of aliphatic hydroxyl groups is 2. The highest BCUT2D eigenvalue weighted by molar-refractivity contribution is 5.47. The first kappa shape index (κ1) is 23.6. The summed E-state index contributed by atoms with van der Waals surface area (Å²) in [5.41, 5.74) is 6.85. The van der Waals surface area contributed by atoms with E-state index in [1.54, 1.807) is 7.11 Å². The van der Waals surface area contributed by atoms with Crippen molar-refractivity contribution in [2.45, 2.75) is 70.9 Å². The van der Waals surface area contributed by atoms with Crippen molar-refractivity contribution >= 4 is 0 Å². The number of phenols is 1. The van der Waals surface area contributed by atoms with Crippen LogP contribution in [0, 0.1) is 11.8 Å². The summed E-state index contributed by atoms with van der Waals surface area (Å²) in [5, 5.41) is 33.5. The van der Waals surface area contributed by atoms with E-state index in [2.05, 4.69) is 29.3 Å². The van der Waals surface area contributed by atoms with Gasteiger partial charge in [-0.1, -0.05) is 25.5 Å². The molecule has 0 unspecified atom stereocenters. The minimum absolute atomic E-state index is 0.0184. The molecule has 6 nitrogen and oxygen atoms in total. The summed E-state index contributed by atoms with van der Waals surface area (Å²) in [5.74, 6) is 2.08. The molecule has 4 N–H and O–H groups in total. The number of aromatic hydroxyl groups is 1. The Bertz CT molecular complexity index is 1040. The molecule has 6 heteroatoms. The molecule has 0 radical (unpaired) electrons. The molecular weight excluding hydrogens is 428 g/mol. The van der Waals surface area contributed by atoms with Crippen molar-refractivity contribution in [2.24, 2.45) is 11.8 Å². The number of rotatable bonds is 6. The smallest absolute Gasteiger partial charge is 0.160 e. The largest absolute Gasteiger partial charge is 0.504 e. The maximum absolute atomic E-state index is 10.1. The summed E-state index contributed by atoms with van der Waals surface area (Å²) < 4.78 is 5.35. The lowest BCUT2D eigenvalue weighted by atomic mass is 9.72. The van der Waals surface area contributed by atoms with E-state index in [1.165, 1.54) is 23.1 Å². The van der Waals surface area contributed by atoms with Crippen molar-refractivity contribution < 1.29 is 20.1 Å². The number of piperidine rings is 1. The van der Waals surface area contributed by atoms with E-state index in [9.17, 15) is 15.3 Å². The zero-order chi connectivity index (χ0) is 23.8. The second-order valence-electron chi connectivity index (χ2n) is 10.4. The van der Waals surface area contributed by atoms with Crippen LogP contribution in [0.1, 0.15) is 65.6 Å². The highest BCUT2D eigenvalue weighted by Gasteiger charge is 2.39. The van der Waals surface area contributed by atoms with Crippen LogP contribution in [0.3, 0.4) is 0 Å². The van der Waals surface area contributed by atoms with Crippen molar-refractivity contribution in [3.05, 3.63) is 57.6 Å². The van der Waals surface area contributed by atoms with Crippen molar-refractivity contribution in [1.29, 1.82) is 0 Å². The molecule has 0 bridgehead atoms. The first-order valence-electron chi connectivity index (χ1n) is 12.8. The van der Waals surface area contributed by atoms with Gasteiger partial charge in [-0.2, -0.15) is 0 Å². The van der Waals surface area contributed by atoms with Gasteiger partial charge >= 0.3 is 0 Å². The van der Waals surface area contributed by atoms with Crippen LogP contribution >= 0.6 is 0 Å². The molecule has 0 saturated carbocycles. The quantitative estimate of drug-likeness (QED) is 0.522. The van der Waals surface area contributed by atoms with Gasteiger partial charge in [0.1, 0.15) is 0 Å². The van der Waals surface area contributed by atoms with E-state index < -0.39 is 0 Å². The molecule has 1 saturated heterocycles. The van der Waals surface area contributed by atoms with E-state index in [4.69, 9.17) is 4.74 Å². The zero-order valence-corrected chi connectivity index (χ0v) is 20.4. The minimum atomic E-state index is -0.0265. The van der Waals surface area contributed by atoms with Crippen molar-refractivity contribution in [3.63, 3.8) is 0 Å². The van der Waals surface area contributed by atoms with Crippen LogP contribution in [0.4, 0.5) is 0 Å². The van der Waals surface area contributed by atoms with Gasteiger partial charge in [0.15, 0.2) is 11.5 Å². The molecule has 5 rings (SSSR count). The molecule has 4 atom stereocenters. The lowest BCUT2D eigenvalue weighted by Crippen LogP contribution is -2.48. The first-order chi connectivity index (χ1) is 16.5. The summed E-state index contributed by atoms with van der Waals surface area (Å²) in [7, 11) is 1.60. The van der Waals surface area contributed by atoms with Gasteiger partial charge < -0.3 is 25.4 Å². The van der Waals surface area contributed by atoms with Crippen LogP contribution in [0.2, 0.25) is 0 Å². The second-order valence-corrected chi connectivity index (χ2v) is 10.4. The van der Waals surface area contributed by atoms with Crippen LogP contribution in [0.25, 0.3) is 0 Å². The first-order valence-corrected chi connectivity index (χ1v) is 12.8. The zero-order valence-electron chi connectivity index (χ0n) is 20.4. The van der Waals surface area contributed by atoms with E-state index >= 15 is 0 Å². The normalized spacial score (nSPS) is 26.5. The molecule has 184 valence electrons. The number of benzene rings is 2. The Morgan fingerprint density at radius 2 is 1.82 bits per heavy atom. The third kappa shape index (κ3) is 4.33. The van der Waals surface area contributed by atoms with Gasteiger partial charge in [0.05, 0.1) is 20.3 Å². The number of aliphatic hydroxyl groups excluding tert-OH is 2. The standard InChI is InChI=1S/C28H38N2O4/c1-3-17-14-30-5-4-18-6-22(15-31)23(16-32)9-25(18)26(30)10-19(17)7-24-8-20-12-28(34-2)27(33)11-21(20)13-29-24/h6,9,11-12,17,19,24,26,29,31-33H,3-5,7-8,10,13-16H2,1-2H3/t17-,19-,24+,26-/m0/s1. The fourth-order valence-corrected chi connectivity index (χ4v) is 6.67. The summed E-state index contributed by atoms with van der Waals surface area (Å²) in [6.07, 6.45) is 5.44. The van der Waals surface area contributed by atoms with Crippen LogP contribution < -0.4 is 10.1 Å². The Hall–Kier alpha value is -2.12. The van der Waals surface area contributed by atoms with Gasteiger partial charge in [0.2, 0.25) is 0 Å². The monoisotopic (exact) mass is 466 g/mol. The Labute approximate surface area is 202 Å². The average Bonchev–Trinajstić information content (AvgIpc) is 2.87. The predicted octanol–water partition coefficient (Wildman–Crippen LogP) is 3.44. The van der Waals surface area contributed by atoms with Gasteiger partial charge in [-0.25, -0.2) is 0 Å². The minimum Gasteiger partial charge on any atom is -0.504 e. The van der Waals surface area contributed by atoms with Gasteiger partial charge in [0.25, 0.3) is 0 Å². The Kier molecular flexibility index (Phi) is 6.85. The van der Waals surface area contributed by atoms with Gasteiger partial charge in [-0.3, -0.25) is 4.90 Å². The number of fused-ring (bicyclic) bond motifs is 4. The summed E-state index contributed by atoms with van der Waals surface area (Å²) >= 11 is 0. The highest BCUT2D eigenvalue weighted by atomic mass is 16.5. The number of nitrogens with one attached hydrogen (secondary N) is 1. The molecule has 0 amide bonds. The molecule has 3 aliphatic heterocycles. The molecule has 2 aromatic carbocycles. The predicted molar refractivity (Wildman–Crippen MR) is 132 cm³/mol. The summed E-state index contributed by atoms with van der Waals surface area (Å²) in [6.45, 7) is 5.26. The number of hydrogen-bond donors (Lipinski definition) is 4. The molecule has 2 aromatic rings. The maximum atomic E-state index is 10.1. The molecular formula is C28H38N2O4. The number of hydrogen-bond acceptors (Lipinski definition) is 6. The lowest BCUT2D eigenvalue weighted by Gasteiger charge is -2.48. The Balaban J connectivity index is 1.36. The average molecular weight is 467 g/mol. The Morgan fingerprint density at radius 1 is 1.03 bits per heavy atom. The van der Waals surface area contributed by atoms with Crippen LogP contribution in [-0.2, 0) is 32.6 Å². The SMILES string of the molecule is CC[C@H]1CN2CCc3cc(CO)c(CO)cc3[C@@H]2C[C@@H]1C[C@@H]1Cc2cc(OC)c(O)cc2CN1. The fraction of sp³-hybridized carbons (Fsp3) is 0.571. The maximum Gasteiger partial charge on any atom is 0.160 e. The van der Waals surface area contributed by atoms with Gasteiger partial charge in [0, 0.05) is 31.7 Å². The van der Waals surface area contributed by atoms with E-state index in [0.717, 1.165) is 62.0 Å². The highest BCUT2D eigenvalue weighted by Crippen LogP contribution is 2.45. The molecule has 0 aliphatic carbocycles. The molecule has 0 aromatic heterocycles. The van der Waals surface area contributed by atoms with Gasteiger partial charge in [-0.15, -0.1) is 0 Å². The second kappa shape index (κ2) is 9.86. The van der Waals surface area contributed by atoms with Crippen LogP contribution in [0.15, 0.2) is 24.3 Å². The van der Waals surface area contributed by atoms with Gasteiger partial charge in [-0.05, 0) is 83.0 Å². The molecule has 1 fully saturated rings. The Morgan fingerprint density at radius 3 is 2.56 bits per heavy atom. The molecule has 3 heterocycles. The molecule has 34 heavy (non-hydrogen) atoms. The van der Waals surface area contributed by atoms with E-state index in [1.807, 2.05) is 12.1 Å². The van der Waals surface area contributed by atoms with Crippen molar-refractivity contribution in [1.82, 2.24) is 10.2 Å². The third-order valence-corrected chi connectivity index (χ3v) is 8.59. The van der Waals surface area contributed by atoms with Crippen molar-refractivity contribution in [3.8, 4) is 11.5 Å².